The standard InChI is InChI=1S/C19H21BrN6/c1-2-25-8-10-26(11-9-25)15-6-7-17(21-13-15)23-19-22-12-14-4-3-5-16(20)18(14)24-19/h3-7,12-13H,2,8-11H2,1H3,(H,21,22,23,24). The third-order valence-electron chi connectivity index (χ3n) is 4.73. The van der Waals surface area contributed by atoms with Crippen molar-refractivity contribution >= 4 is 44.3 Å². The van der Waals surface area contributed by atoms with E-state index in [4.69, 9.17) is 0 Å². The van der Waals surface area contributed by atoms with Gasteiger partial charge in [-0.25, -0.2) is 15.0 Å². The Hall–Kier alpha value is -2.25. The summed E-state index contributed by atoms with van der Waals surface area (Å²) in [7, 11) is 0. The predicted molar refractivity (Wildman–Crippen MR) is 109 cm³/mol. The fourth-order valence-electron chi connectivity index (χ4n) is 3.16. The molecule has 1 aliphatic heterocycles. The lowest BCUT2D eigenvalue weighted by atomic mass is 10.2. The third kappa shape index (κ3) is 3.64. The SMILES string of the molecule is CCN1CCN(c2ccc(Nc3ncc4cccc(Br)c4n3)nc2)CC1. The molecule has 3 heterocycles. The van der Waals surface area contributed by atoms with Crippen molar-refractivity contribution in [1.29, 1.82) is 0 Å². The van der Waals surface area contributed by atoms with Crippen LogP contribution in [0.3, 0.4) is 0 Å². The maximum Gasteiger partial charge on any atom is 0.228 e. The highest BCUT2D eigenvalue weighted by molar-refractivity contribution is 9.10. The van der Waals surface area contributed by atoms with Crippen LogP contribution in [0.5, 0.6) is 0 Å². The first-order valence-electron chi connectivity index (χ1n) is 8.84. The van der Waals surface area contributed by atoms with Gasteiger partial charge in [0, 0.05) is 42.2 Å². The van der Waals surface area contributed by atoms with Crippen LogP contribution in [0.15, 0.2) is 47.2 Å². The number of halogens is 1. The molecule has 1 saturated heterocycles. The molecule has 2 aromatic heterocycles. The number of nitrogens with one attached hydrogen (secondary N) is 1. The molecule has 0 unspecified atom stereocenters. The van der Waals surface area contributed by atoms with E-state index in [0.717, 1.165) is 59.6 Å². The molecule has 0 saturated carbocycles. The molecule has 1 aromatic carbocycles. The van der Waals surface area contributed by atoms with Crippen LogP contribution in [0.4, 0.5) is 17.5 Å². The maximum atomic E-state index is 4.58. The molecular weight excluding hydrogens is 392 g/mol. The third-order valence-corrected chi connectivity index (χ3v) is 5.37. The molecule has 7 heteroatoms. The van der Waals surface area contributed by atoms with E-state index in [9.17, 15) is 0 Å². The molecule has 0 bridgehead atoms. The van der Waals surface area contributed by atoms with Crippen molar-refractivity contribution in [2.75, 3.05) is 42.9 Å². The minimum atomic E-state index is 0.543. The molecule has 134 valence electrons. The summed E-state index contributed by atoms with van der Waals surface area (Å²) in [5.41, 5.74) is 2.05. The number of rotatable bonds is 4. The van der Waals surface area contributed by atoms with Gasteiger partial charge in [-0.05, 0) is 40.7 Å². The number of piperazine rings is 1. The Bertz CT molecular complexity index is 890. The Morgan fingerprint density at radius 3 is 2.62 bits per heavy atom. The number of para-hydroxylation sites is 1. The number of aromatic nitrogens is 3. The Morgan fingerprint density at radius 1 is 1.04 bits per heavy atom. The molecule has 0 spiro atoms. The van der Waals surface area contributed by atoms with Crippen LogP contribution in [-0.2, 0) is 0 Å². The Balaban J connectivity index is 1.47. The monoisotopic (exact) mass is 412 g/mol. The van der Waals surface area contributed by atoms with Crippen LogP contribution in [-0.4, -0.2) is 52.6 Å². The molecule has 0 atom stereocenters. The topological polar surface area (TPSA) is 57.2 Å². The van der Waals surface area contributed by atoms with Crippen molar-refractivity contribution in [3.05, 3.63) is 47.2 Å². The molecule has 0 amide bonds. The zero-order chi connectivity index (χ0) is 17.9. The number of benzene rings is 1. The highest BCUT2D eigenvalue weighted by Gasteiger charge is 2.16. The minimum Gasteiger partial charge on any atom is -0.368 e. The number of nitrogens with zero attached hydrogens (tertiary/aromatic N) is 5. The summed E-state index contributed by atoms with van der Waals surface area (Å²) in [5, 5.41) is 4.19. The van der Waals surface area contributed by atoms with Gasteiger partial charge < -0.3 is 15.1 Å². The van der Waals surface area contributed by atoms with E-state index in [1.807, 2.05) is 36.7 Å². The number of pyridine rings is 1. The first kappa shape index (κ1) is 17.2. The fraction of sp³-hybridized carbons (Fsp3) is 0.316. The second kappa shape index (κ2) is 7.55. The Kier molecular flexibility index (Phi) is 4.99. The van der Waals surface area contributed by atoms with Gasteiger partial charge in [0.2, 0.25) is 5.95 Å². The van der Waals surface area contributed by atoms with Crippen LogP contribution in [0.1, 0.15) is 6.92 Å². The van der Waals surface area contributed by atoms with E-state index in [2.05, 4.69) is 59.0 Å². The summed E-state index contributed by atoms with van der Waals surface area (Å²) in [4.78, 5) is 18.3. The summed E-state index contributed by atoms with van der Waals surface area (Å²) in [6.07, 6.45) is 3.73. The number of fused-ring (bicyclic) bond motifs is 1. The van der Waals surface area contributed by atoms with Gasteiger partial charge in [-0.2, -0.15) is 0 Å². The van der Waals surface area contributed by atoms with Crippen molar-refractivity contribution in [1.82, 2.24) is 19.9 Å². The average Bonchev–Trinajstić information content (AvgIpc) is 2.69. The molecule has 26 heavy (non-hydrogen) atoms. The van der Waals surface area contributed by atoms with E-state index in [0.29, 0.717) is 5.95 Å². The van der Waals surface area contributed by atoms with Crippen LogP contribution in [0, 0.1) is 0 Å². The molecule has 0 radical (unpaired) electrons. The zero-order valence-electron chi connectivity index (χ0n) is 14.7. The highest BCUT2D eigenvalue weighted by Crippen LogP contribution is 2.23. The summed E-state index contributed by atoms with van der Waals surface area (Å²) < 4.78 is 0.954. The second-order valence-electron chi connectivity index (χ2n) is 6.32. The van der Waals surface area contributed by atoms with Crippen molar-refractivity contribution in [2.45, 2.75) is 6.92 Å². The summed E-state index contributed by atoms with van der Waals surface area (Å²) in [6.45, 7) is 7.64. The van der Waals surface area contributed by atoms with Crippen molar-refractivity contribution in [3.8, 4) is 0 Å². The zero-order valence-corrected chi connectivity index (χ0v) is 16.3. The van der Waals surface area contributed by atoms with Gasteiger partial charge in [0.1, 0.15) is 5.82 Å². The van der Waals surface area contributed by atoms with Gasteiger partial charge in [0.25, 0.3) is 0 Å². The first-order chi connectivity index (χ1) is 12.7. The van der Waals surface area contributed by atoms with Gasteiger partial charge in [-0.1, -0.05) is 19.1 Å². The molecule has 6 nitrogen and oxygen atoms in total. The van der Waals surface area contributed by atoms with Gasteiger partial charge in [0.15, 0.2) is 0 Å². The fourth-order valence-corrected chi connectivity index (χ4v) is 3.63. The first-order valence-corrected chi connectivity index (χ1v) is 9.64. The van der Waals surface area contributed by atoms with E-state index in [1.54, 1.807) is 0 Å². The van der Waals surface area contributed by atoms with Crippen LogP contribution in [0.25, 0.3) is 10.9 Å². The Morgan fingerprint density at radius 2 is 1.88 bits per heavy atom. The Labute approximate surface area is 161 Å². The van der Waals surface area contributed by atoms with E-state index in [-0.39, 0.29) is 0 Å². The van der Waals surface area contributed by atoms with Gasteiger partial charge in [-0.15, -0.1) is 0 Å². The molecule has 1 fully saturated rings. The number of likely N-dealkylation sites (N-methyl/N-ethyl adjacent to an activating group) is 1. The minimum absolute atomic E-state index is 0.543. The lowest BCUT2D eigenvalue weighted by Crippen LogP contribution is -2.46. The number of hydrogen-bond acceptors (Lipinski definition) is 6. The van der Waals surface area contributed by atoms with Crippen LogP contribution < -0.4 is 10.2 Å². The van der Waals surface area contributed by atoms with Crippen LogP contribution >= 0.6 is 15.9 Å². The molecule has 3 aromatic rings. The summed E-state index contributed by atoms with van der Waals surface area (Å²) in [5.74, 6) is 1.29. The van der Waals surface area contributed by atoms with E-state index >= 15 is 0 Å². The quantitative estimate of drug-likeness (QED) is 0.705. The van der Waals surface area contributed by atoms with E-state index < -0.39 is 0 Å². The van der Waals surface area contributed by atoms with Crippen LogP contribution in [0.2, 0.25) is 0 Å². The lowest BCUT2D eigenvalue weighted by Gasteiger charge is -2.35. The molecule has 0 aliphatic carbocycles. The molecule has 1 N–H and O–H groups in total. The molecule has 1 aliphatic rings. The van der Waals surface area contributed by atoms with Gasteiger partial charge in [-0.3, -0.25) is 0 Å². The van der Waals surface area contributed by atoms with Crippen molar-refractivity contribution < 1.29 is 0 Å². The van der Waals surface area contributed by atoms with Crippen molar-refractivity contribution in [2.24, 2.45) is 0 Å². The maximum absolute atomic E-state index is 4.58. The highest BCUT2D eigenvalue weighted by atomic mass is 79.9. The average molecular weight is 413 g/mol. The summed E-state index contributed by atoms with van der Waals surface area (Å²) >= 11 is 3.54. The molecular formula is C19H21BrN6. The molecule has 4 rings (SSSR count). The predicted octanol–water partition coefficient (Wildman–Crippen LogP) is 3.67. The second-order valence-corrected chi connectivity index (χ2v) is 7.17. The smallest absolute Gasteiger partial charge is 0.228 e. The largest absolute Gasteiger partial charge is 0.368 e. The van der Waals surface area contributed by atoms with Crippen molar-refractivity contribution in [3.63, 3.8) is 0 Å². The number of hydrogen-bond donors (Lipinski definition) is 1. The normalized spacial score (nSPS) is 15.4. The van der Waals surface area contributed by atoms with Gasteiger partial charge in [0.05, 0.1) is 17.4 Å². The van der Waals surface area contributed by atoms with Gasteiger partial charge >= 0.3 is 0 Å². The van der Waals surface area contributed by atoms with E-state index in [1.165, 1.54) is 0 Å². The summed E-state index contributed by atoms with van der Waals surface area (Å²) in [6, 6.07) is 10.0. The lowest BCUT2D eigenvalue weighted by molar-refractivity contribution is 0.271. The number of anilines is 3.